The Morgan fingerprint density at radius 1 is 1.11 bits per heavy atom. The number of rotatable bonds is 12. The molecule has 2 aromatic heterocycles. The third-order valence-corrected chi connectivity index (χ3v) is 11.1. The average Bonchev–Trinajstić information content (AvgIpc) is 3.60. The fraction of sp³-hybridized carbons (Fsp3) is 0.500. The van der Waals surface area contributed by atoms with Crippen molar-refractivity contribution in [3.8, 4) is 11.5 Å². The Morgan fingerprint density at radius 3 is 2.66 bits per heavy atom. The van der Waals surface area contributed by atoms with E-state index in [9.17, 15) is 24.9 Å². The number of H-pyrrole nitrogens is 1. The smallest absolute Gasteiger partial charge is 0.170 e. The predicted molar refractivity (Wildman–Crippen MR) is 180 cm³/mol. The van der Waals surface area contributed by atoms with Crippen LogP contribution in [0.25, 0.3) is 6.08 Å². The zero-order chi connectivity index (χ0) is 33.1. The maximum atomic E-state index is 13.1. The molecule has 0 bridgehead atoms. The molecule has 47 heavy (non-hydrogen) atoms. The summed E-state index contributed by atoms with van der Waals surface area (Å²) in [5.41, 5.74) is 9.07. The number of anilines is 1. The quantitative estimate of drug-likeness (QED) is 0.162. The van der Waals surface area contributed by atoms with E-state index >= 15 is 0 Å². The Hall–Kier alpha value is -3.95. The molecule has 0 unspecified atom stereocenters. The van der Waals surface area contributed by atoms with E-state index in [4.69, 9.17) is 10.5 Å². The molecule has 0 amide bonds. The number of ketones is 2. The third-order valence-electron chi connectivity index (χ3n) is 11.1. The summed E-state index contributed by atoms with van der Waals surface area (Å²) >= 11 is 0. The van der Waals surface area contributed by atoms with Crippen molar-refractivity contribution in [3.05, 3.63) is 76.7 Å². The number of phenolic OH excluding ortho intramolecular Hbond substituents is 1. The van der Waals surface area contributed by atoms with Crippen LogP contribution in [0.2, 0.25) is 0 Å². The van der Waals surface area contributed by atoms with Gasteiger partial charge in [-0.2, -0.15) is 0 Å². The van der Waals surface area contributed by atoms with Crippen LogP contribution in [0, 0.1) is 23.2 Å². The van der Waals surface area contributed by atoms with Gasteiger partial charge >= 0.3 is 0 Å². The number of pyridine rings is 1. The largest absolute Gasteiger partial charge is 0.504 e. The second-order valence-corrected chi connectivity index (χ2v) is 14.0. The van der Waals surface area contributed by atoms with E-state index in [0.29, 0.717) is 34.8 Å². The maximum absolute atomic E-state index is 13.1. The minimum Gasteiger partial charge on any atom is -0.504 e. The summed E-state index contributed by atoms with van der Waals surface area (Å²) < 4.78 is 5.59. The molecule has 0 aliphatic heterocycles. The Balaban J connectivity index is 1.23. The highest BCUT2D eigenvalue weighted by Crippen LogP contribution is 2.53. The summed E-state index contributed by atoms with van der Waals surface area (Å²) in [6.45, 7) is -0.226. The molecule has 1 aromatic carbocycles. The highest BCUT2D eigenvalue weighted by Gasteiger charge is 2.44. The molecular formula is C38H47N3O6. The van der Waals surface area contributed by atoms with Crippen LogP contribution >= 0.6 is 0 Å². The number of nitrogen functional groups attached to an aromatic ring is 1. The standard InChI is InChI=1S/C38H47N3O6/c1-47-33-20-24(9-11-31(43)36(46)32(44)19-23-8-10-25-5-2-3-6-26(25)17-23)18-30(35(33)45)34-28-13-16-41-37(39)29(28)12-14-38(34,22-42)21-27-7-4-15-40-27/h4,7,12-16,18,20,23,25-26,34,36,40,42,45-46H,2-3,5-6,8-11,17,19,21-22H2,1H3,(H2,39,41)/t23-,25-,26-,34+,36+,38+/m1/s1. The van der Waals surface area contributed by atoms with Gasteiger partial charge in [-0.25, -0.2) is 4.98 Å². The molecule has 2 fully saturated rings. The van der Waals surface area contributed by atoms with Crippen LogP contribution in [-0.4, -0.2) is 56.7 Å². The minimum atomic E-state index is -1.63. The molecule has 9 nitrogen and oxygen atoms in total. The number of nitrogens with one attached hydrogen (secondary N) is 1. The fourth-order valence-electron chi connectivity index (χ4n) is 8.61. The molecule has 6 rings (SSSR count). The zero-order valence-electron chi connectivity index (χ0n) is 27.2. The molecular weight excluding hydrogens is 594 g/mol. The number of aromatic amines is 1. The van der Waals surface area contributed by atoms with Gasteiger partial charge in [-0.1, -0.05) is 43.9 Å². The van der Waals surface area contributed by atoms with Gasteiger partial charge in [-0.15, -0.1) is 0 Å². The molecule has 3 aromatic rings. The first-order chi connectivity index (χ1) is 22.7. The number of benzene rings is 1. The maximum Gasteiger partial charge on any atom is 0.170 e. The lowest BCUT2D eigenvalue weighted by molar-refractivity contribution is -0.139. The molecule has 0 spiro atoms. The average molecular weight is 642 g/mol. The number of ether oxygens (including phenoxy) is 1. The van der Waals surface area contributed by atoms with Gasteiger partial charge in [0.2, 0.25) is 0 Å². The number of carbonyl (C=O) groups excluding carboxylic acids is 2. The van der Waals surface area contributed by atoms with Crippen molar-refractivity contribution < 1.29 is 29.6 Å². The summed E-state index contributed by atoms with van der Waals surface area (Å²) in [4.78, 5) is 33.7. The van der Waals surface area contributed by atoms with Gasteiger partial charge in [0, 0.05) is 53.4 Å². The van der Waals surface area contributed by atoms with Crippen LogP contribution in [0.4, 0.5) is 5.82 Å². The Kier molecular flexibility index (Phi) is 9.85. The van der Waals surface area contributed by atoms with Crippen LogP contribution in [-0.2, 0) is 22.4 Å². The van der Waals surface area contributed by atoms with Gasteiger partial charge in [0.25, 0.3) is 0 Å². The van der Waals surface area contributed by atoms with Crippen molar-refractivity contribution in [2.24, 2.45) is 23.2 Å². The van der Waals surface area contributed by atoms with Crippen LogP contribution < -0.4 is 10.5 Å². The molecule has 250 valence electrons. The number of phenols is 1. The number of aromatic nitrogens is 2. The second kappa shape index (κ2) is 14.0. The van der Waals surface area contributed by atoms with E-state index in [1.165, 1.54) is 32.8 Å². The number of aromatic hydroxyl groups is 1. The first-order valence-electron chi connectivity index (χ1n) is 17.0. The highest BCUT2D eigenvalue weighted by molar-refractivity contribution is 6.05. The number of aliphatic hydroxyl groups excluding tert-OH is 2. The fourth-order valence-corrected chi connectivity index (χ4v) is 8.61. The minimum absolute atomic E-state index is 0.0404. The van der Waals surface area contributed by atoms with Crippen molar-refractivity contribution in [1.29, 1.82) is 0 Å². The molecule has 3 aliphatic carbocycles. The van der Waals surface area contributed by atoms with Gasteiger partial charge in [0.1, 0.15) is 5.82 Å². The lowest BCUT2D eigenvalue weighted by Gasteiger charge is -2.41. The van der Waals surface area contributed by atoms with Gasteiger partial charge < -0.3 is 30.8 Å². The lowest BCUT2D eigenvalue weighted by Crippen LogP contribution is -2.36. The summed E-state index contributed by atoms with van der Waals surface area (Å²) in [7, 11) is 1.46. The van der Waals surface area contributed by atoms with Gasteiger partial charge in [0.15, 0.2) is 29.2 Å². The van der Waals surface area contributed by atoms with E-state index < -0.39 is 23.2 Å². The van der Waals surface area contributed by atoms with Crippen molar-refractivity contribution in [2.75, 3.05) is 19.5 Å². The van der Waals surface area contributed by atoms with Crippen LogP contribution in [0.1, 0.15) is 91.7 Å². The molecule has 6 atom stereocenters. The SMILES string of the molecule is COc1cc(CCC(=O)[C@H](O)C(=O)C[C@@H]2CC[C@H]3CCCC[C@@H]3C2)cc([C@@H]2c3ccnc(N)c3C=C[C@@]2(CO)Cc2ccc[nH]2)c1O. The van der Waals surface area contributed by atoms with E-state index in [0.717, 1.165) is 36.4 Å². The van der Waals surface area contributed by atoms with E-state index in [-0.39, 0.29) is 49.1 Å². The number of nitrogens with zero attached hydrogens (tertiary/aromatic N) is 1. The topological polar surface area (TPSA) is 159 Å². The highest BCUT2D eigenvalue weighted by atomic mass is 16.5. The van der Waals surface area contributed by atoms with Crippen LogP contribution in [0.3, 0.4) is 0 Å². The Morgan fingerprint density at radius 2 is 1.91 bits per heavy atom. The number of methoxy groups -OCH3 is 1. The molecule has 3 aliphatic rings. The first kappa shape index (κ1) is 33.0. The molecule has 9 heteroatoms. The summed E-state index contributed by atoms with van der Waals surface area (Å²) in [6, 6.07) is 9.20. The lowest BCUT2D eigenvalue weighted by atomic mass is 9.63. The van der Waals surface area contributed by atoms with E-state index in [1.54, 1.807) is 12.3 Å². The second-order valence-electron chi connectivity index (χ2n) is 14.0. The Labute approximate surface area is 276 Å². The summed E-state index contributed by atoms with van der Waals surface area (Å²) in [5.74, 6) is 0.753. The normalized spacial score (nSPS) is 25.9. The number of hydrogen-bond acceptors (Lipinski definition) is 8. The molecule has 0 radical (unpaired) electrons. The van der Waals surface area contributed by atoms with Crippen molar-refractivity contribution in [1.82, 2.24) is 9.97 Å². The van der Waals surface area contributed by atoms with Gasteiger partial charge in [-0.05, 0) is 85.3 Å². The monoisotopic (exact) mass is 641 g/mol. The number of nitrogens with two attached hydrogens (primary N) is 1. The molecule has 2 saturated carbocycles. The number of aliphatic hydroxyl groups is 2. The van der Waals surface area contributed by atoms with E-state index in [1.807, 2.05) is 42.6 Å². The predicted octanol–water partition coefficient (Wildman–Crippen LogP) is 5.51. The number of Topliss-reactive ketones (excluding diaryl/α,β-unsaturated/α-hetero) is 2. The number of carbonyl (C=O) groups is 2. The molecule has 2 heterocycles. The van der Waals surface area contributed by atoms with Crippen LogP contribution in [0.15, 0.2) is 48.8 Å². The van der Waals surface area contributed by atoms with E-state index in [2.05, 4.69) is 9.97 Å². The first-order valence-corrected chi connectivity index (χ1v) is 17.0. The van der Waals surface area contributed by atoms with Crippen molar-refractivity contribution in [2.45, 2.75) is 82.7 Å². The summed E-state index contributed by atoms with van der Waals surface area (Å²) in [5, 5.41) is 33.3. The zero-order valence-corrected chi connectivity index (χ0v) is 27.2. The van der Waals surface area contributed by atoms with Gasteiger partial charge in [-0.3, -0.25) is 9.59 Å². The molecule has 0 saturated heterocycles. The third kappa shape index (κ3) is 6.74. The number of hydrogen-bond donors (Lipinski definition) is 5. The van der Waals surface area contributed by atoms with Crippen LogP contribution in [0.5, 0.6) is 11.5 Å². The number of aryl methyl sites for hydroxylation is 1. The number of fused-ring (bicyclic) bond motifs is 2. The van der Waals surface area contributed by atoms with Crippen molar-refractivity contribution in [3.63, 3.8) is 0 Å². The van der Waals surface area contributed by atoms with Crippen molar-refractivity contribution >= 4 is 23.5 Å². The molecule has 6 N–H and O–H groups in total. The Bertz CT molecular complexity index is 1620. The van der Waals surface area contributed by atoms with Gasteiger partial charge in [0.05, 0.1) is 13.7 Å². The summed E-state index contributed by atoms with van der Waals surface area (Å²) in [6.07, 6.45) is 14.8.